The highest BCUT2D eigenvalue weighted by molar-refractivity contribution is 7.89. The van der Waals surface area contributed by atoms with Crippen LogP contribution in [-0.2, 0) is 24.3 Å². The first-order valence-corrected chi connectivity index (χ1v) is 11.2. The summed E-state index contributed by atoms with van der Waals surface area (Å²) in [6, 6.07) is 13.5. The van der Waals surface area contributed by atoms with Crippen LogP contribution < -0.4 is 9.62 Å². The van der Waals surface area contributed by atoms with Crippen LogP contribution in [0.2, 0.25) is 5.02 Å². The minimum absolute atomic E-state index is 0.0500. The molecule has 2 aromatic rings. The number of esters is 1. The molecule has 168 valence electrons. The van der Waals surface area contributed by atoms with Crippen LogP contribution in [0.15, 0.2) is 53.4 Å². The smallest absolute Gasteiger partial charge is 0.321 e. The number of amides is 1. The number of anilines is 1. The third-order valence-corrected chi connectivity index (χ3v) is 5.85. The Morgan fingerprint density at radius 3 is 2.44 bits per heavy atom. The van der Waals surface area contributed by atoms with Crippen LogP contribution in [-0.4, -0.2) is 45.8 Å². The molecule has 0 spiro atoms. The number of nitrogens with one attached hydrogen (secondary N) is 1. The molecule has 11 heteroatoms. The number of benzene rings is 2. The van der Waals surface area contributed by atoms with Crippen molar-refractivity contribution in [2.24, 2.45) is 0 Å². The van der Waals surface area contributed by atoms with Crippen molar-refractivity contribution in [1.82, 2.24) is 4.72 Å². The molecular formula is C21H20ClN3O6S. The van der Waals surface area contributed by atoms with Gasteiger partial charge in [0.2, 0.25) is 10.0 Å². The number of nitrogens with zero attached hydrogens (tertiary/aromatic N) is 2. The number of carbonyl (C=O) groups excluding carboxylic acids is 3. The van der Waals surface area contributed by atoms with E-state index in [9.17, 15) is 22.8 Å². The minimum atomic E-state index is -4.02. The topological polar surface area (TPSA) is 134 Å². The van der Waals surface area contributed by atoms with E-state index >= 15 is 0 Å². The Bertz CT molecular complexity index is 1140. The molecule has 0 saturated heterocycles. The van der Waals surface area contributed by atoms with Gasteiger partial charge in [0.25, 0.3) is 5.91 Å². The summed E-state index contributed by atoms with van der Waals surface area (Å²) in [4.78, 5) is 36.9. The van der Waals surface area contributed by atoms with Gasteiger partial charge in [-0.15, -0.1) is 0 Å². The maximum absolute atomic E-state index is 12.5. The fourth-order valence-electron chi connectivity index (χ4n) is 2.58. The second-order valence-electron chi connectivity index (χ2n) is 6.50. The van der Waals surface area contributed by atoms with Gasteiger partial charge >= 0.3 is 5.97 Å². The molecule has 1 amide bonds. The highest BCUT2D eigenvalue weighted by Crippen LogP contribution is 2.20. The monoisotopic (exact) mass is 477 g/mol. The Hall–Kier alpha value is -3.26. The first-order chi connectivity index (χ1) is 15.1. The van der Waals surface area contributed by atoms with Crippen molar-refractivity contribution < 1.29 is 27.5 Å². The molecule has 0 bridgehead atoms. The fraction of sp³-hybridized carbons (Fsp3) is 0.238. The van der Waals surface area contributed by atoms with Crippen LogP contribution in [0.1, 0.15) is 23.7 Å². The first-order valence-electron chi connectivity index (χ1n) is 9.33. The van der Waals surface area contributed by atoms with Crippen molar-refractivity contribution in [3.8, 4) is 6.07 Å². The van der Waals surface area contributed by atoms with E-state index in [0.717, 1.165) is 0 Å². The second-order valence-corrected chi connectivity index (χ2v) is 8.70. The van der Waals surface area contributed by atoms with Crippen molar-refractivity contribution in [3.63, 3.8) is 0 Å². The molecule has 0 aliphatic heterocycles. The summed E-state index contributed by atoms with van der Waals surface area (Å²) >= 11 is 5.94. The highest BCUT2D eigenvalue weighted by Gasteiger charge is 2.20. The molecule has 0 atom stereocenters. The number of ether oxygens (including phenoxy) is 1. The SMILES string of the molecule is CC(=O)c1ccc(S(=O)(=O)NCC(=O)OCC(=O)N(CCC#N)c2cccc(Cl)c2)cc1. The van der Waals surface area contributed by atoms with Crippen LogP contribution in [0.25, 0.3) is 0 Å². The van der Waals surface area contributed by atoms with Gasteiger partial charge in [0.05, 0.1) is 17.4 Å². The quantitative estimate of drug-likeness (QED) is 0.410. The zero-order valence-electron chi connectivity index (χ0n) is 17.1. The molecule has 0 fully saturated rings. The van der Waals surface area contributed by atoms with Gasteiger partial charge in [-0.2, -0.15) is 9.98 Å². The number of sulfonamides is 1. The maximum atomic E-state index is 12.5. The lowest BCUT2D eigenvalue weighted by atomic mass is 10.2. The van der Waals surface area contributed by atoms with E-state index in [1.54, 1.807) is 18.2 Å². The number of hydrogen-bond donors (Lipinski definition) is 1. The normalized spacial score (nSPS) is 10.8. The lowest BCUT2D eigenvalue weighted by Crippen LogP contribution is -2.37. The molecule has 1 N–H and O–H groups in total. The van der Waals surface area contributed by atoms with Crippen molar-refractivity contribution >= 4 is 45.0 Å². The Labute approximate surface area is 190 Å². The summed E-state index contributed by atoms with van der Waals surface area (Å²) in [6.07, 6.45) is 0.0500. The van der Waals surface area contributed by atoms with Crippen molar-refractivity contribution in [2.75, 3.05) is 24.6 Å². The first kappa shape index (κ1) is 25.0. The van der Waals surface area contributed by atoms with Crippen molar-refractivity contribution in [1.29, 1.82) is 5.26 Å². The predicted molar refractivity (Wildman–Crippen MR) is 117 cm³/mol. The minimum Gasteiger partial charge on any atom is -0.455 e. The second kappa shape index (κ2) is 11.4. The number of nitriles is 1. The summed E-state index contributed by atoms with van der Waals surface area (Å²) in [5.41, 5.74) is 0.783. The van der Waals surface area contributed by atoms with Crippen molar-refractivity contribution in [2.45, 2.75) is 18.2 Å². The highest BCUT2D eigenvalue weighted by atomic mass is 35.5. The van der Waals surface area contributed by atoms with E-state index in [1.807, 2.05) is 6.07 Å². The van der Waals surface area contributed by atoms with Crippen LogP contribution in [0.3, 0.4) is 0 Å². The molecule has 0 aliphatic rings. The third kappa shape index (κ3) is 7.16. The lowest BCUT2D eigenvalue weighted by molar-refractivity contribution is -0.146. The number of Topliss-reactive ketones (excluding diaryl/α,β-unsaturated/α-hetero) is 1. The molecule has 0 heterocycles. The zero-order valence-corrected chi connectivity index (χ0v) is 18.6. The molecule has 32 heavy (non-hydrogen) atoms. The molecule has 0 saturated carbocycles. The molecule has 0 aliphatic carbocycles. The fourth-order valence-corrected chi connectivity index (χ4v) is 3.73. The van der Waals surface area contributed by atoms with Crippen LogP contribution >= 0.6 is 11.6 Å². The number of carbonyl (C=O) groups is 3. The van der Waals surface area contributed by atoms with Crippen LogP contribution in [0.4, 0.5) is 5.69 Å². The number of halogens is 1. The molecule has 2 rings (SSSR count). The lowest BCUT2D eigenvalue weighted by Gasteiger charge is -2.21. The van der Waals surface area contributed by atoms with Gasteiger partial charge in [-0.3, -0.25) is 14.4 Å². The van der Waals surface area contributed by atoms with E-state index in [4.69, 9.17) is 21.6 Å². The summed E-state index contributed by atoms with van der Waals surface area (Å²) < 4.78 is 31.5. The van der Waals surface area contributed by atoms with Gasteiger partial charge in [0, 0.05) is 22.8 Å². The Kier molecular flexibility index (Phi) is 8.90. The Morgan fingerprint density at radius 2 is 1.84 bits per heavy atom. The van der Waals surface area contributed by atoms with Crippen LogP contribution in [0, 0.1) is 11.3 Å². The van der Waals surface area contributed by atoms with Gasteiger partial charge in [0.1, 0.15) is 6.54 Å². The molecule has 0 aromatic heterocycles. The van der Waals surface area contributed by atoms with Gasteiger partial charge in [-0.05, 0) is 37.3 Å². The van der Waals surface area contributed by atoms with E-state index < -0.39 is 35.1 Å². The van der Waals surface area contributed by atoms with E-state index in [1.165, 1.54) is 42.2 Å². The Balaban J connectivity index is 1.94. The third-order valence-electron chi connectivity index (χ3n) is 4.20. The number of hydrogen-bond acceptors (Lipinski definition) is 7. The van der Waals surface area contributed by atoms with Gasteiger partial charge in [-0.1, -0.05) is 29.8 Å². The standard InChI is InChI=1S/C21H20ClN3O6S/c1-15(26)16-6-8-19(9-7-16)32(29,30)24-13-21(28)31-14-20(27)25(11-3-10-23)18-5-2-4-17(22)12-18/h2,4-9,12,24H,3,11,13-14H2,1H3. The molecule has 0 radical (unpaired) electrons. The average Bonchev–Trinajstić information content (AvgIpc) is 2.76. The average molecular weight is 478 g/mol. The summed E-state index contributed by atoms with van der Waals surface area (Å²) in [7, 11) is -4.02. The number of ketones is 1. The van der Waals surface area contributed by atoms with Crippen LogP contribution in [0.5, 0.6) is 0 Å². The largest absolute Gasteiger partial charge is 0.455 e. The van der Waals surface area contributed by atoms with Gasteiger partial charge < -0.3 is 9.64 Å². The molecule has 2 aromatic carbocycles. The Morgan fingerprint density at radius 1 is 1.16 bits per heavy atom. The number of rotatable bonds is 10. The van der Waals surface area contributed by atoms with Crippen molar-refractivity contribution in [3.05, 3.63) is 59.1 Å². The van der Waals surface area contributed by atoms with E-state index in [0.29, 0.717) is 16.3 Å². The van der Waals surface area contributed by atoms with E-state index in [-0.39, 0.29) is 23.6 Å². The van der Waals surface area contributed by atoms with Gasteiger partial charge in [-0.25, -0.2) is 8.42 Å². The summed E-state index contributed by atoms with van der Waals surface area (Å²) in [5.74, 6) is -1.77. The summed E-state index contributed by atoms with van der Waals surface area (Å²) in [6.45, 7) is 0.0776. The molecular weight excluding hydrogens is 458 g/mol. The van der Waals surface area contributed by atoms with Gasteiger partial charge in [0.15, 0.2) is 12.4 Å². The maximum Gasteiger partial charge on any atom is 0.321 e. The predicted octanol–water partition coefficient (Wildman–Crippen LogP) is 2.31. The zero-order chi connectivity index (χ0) is 23.7. The summed E-state index contributed by atoms with van der Waals surface area (Å²) in [5, 5.41) is 9.21. The van der Waals surface area contributed by atoms with E-state index in [2.05, 4.69) is 4.72 Å². The molecule has 9 nitrogen and oxygen atoms in total. The molecule has 0 unspecified atom stereocenters.